The molecule has 0 bridgehead atoms. The van der Waals surface area contributed by atoms with E-state index in [2.05, 4.69) is 24.5 Å². The van der Waals surface area contributed by atoms with Gasteiger partial charge in [0.1, 0.15) is 0 Å². The molecule has 1 aliphatic carbocycles. The molecule has 18 heavy (non-hydrogen) atoms. The van der Waals surface area contributed by atoms with Crippen molar-refractivity contribution in [3.05, 3.63) is 0 Å². The summed E-state index contributed by atoms with van der Waals surface area (Å²) in [5.41, 5.74) is 0. The van der Waals surface area contributed by atoms with Gasteiger partial charge in [0.05, 0.1) is 6.04 Å². The van der Waals surface area contributed by atoms with Crippen molar-refractivity contribution in [2.45, 2.75) is 77.8 Å². The first-order chi connectivity index (χ1) is 8.67. The molecule has 1 fully saturated rings. The van der Waals surface area contributed by atoms with Crippen LogP contribution in [0.15, 0.2) is 0 Å². The second-order valence-electron chi connectivity index (χ2n) is 5.67. The van der Waals surface area contributed by atoms with Gasteiger partial charge in [0, 0.05) is 12.6 Å². The molecule has 106 valence electrons. The van der Waals surface area contributed by atoms with Crippen molar-refractivity contribution in [1.82, 2.24) is 10.6 Å². The maximum atomic E-state index is 11.9. The first kappa shape index (κ1) is 15.5. The van der Waals surface area contributed by atoms with Crippen molar-refractivity contribution in [1.29, 1.82) is 0 Å². The zero-order valence-corrected chi connectivity index (χ0v) is 12.3. The molecule has 1 amide bonds. The molecule has 3 heteroatoms. The van der Waals surface area contributed by atoms with Gasteiger partial charge in [-0.15, -0.1) is 0 Å². The van der Waals surface area contributed by atoms with E-state index >= 15 is 0 Å². The van der Waals surface area contributed by atoms with Crippen LogP contribution in [0.2, 0.25) is 0 Å². The molecule has 0 aromatic carbocycles. The van der Waals surface area contributed by atoms with E-state index in [9.17, 15) is 4.79 Å². The van der Waals surface area contributed by atoms with Gasteiger partial charge in [-0.25, -0.2) is 0 Å². The predicted molar refractivity (Wildman–Crippen MR) is 76.6 cm³/mol. The van der Waals surface area contributed by atoms with Gasteiger partial charge in [0.2, 0.25) is 5.91 Å². The lowest BCUT2D eigenvalue weighted by molar-refractivity contribution is -0.123. The van der Waals surface area contributed by atoms with E-state index in [1.807, 2.05) is 6.92 Å². The quantitative estimate of drug-likeness (QED) is 0.686. The van der Waals surface area contributed by atoms with Gasteiger partial charge in [0.15, 0.2) is 0 Å². The molecular weight excluding hydrogens is 224 g/mol. The third kappa shape index (κ3) is 5.38. The highest BCUT2D eigenvalue weighted by atomic mass is 16.2. The number of carbonyl (C=O) groups is 1. The van der Waals surface area contributed by atoms with E-state index in [0.717, 1.165) is 25.3 Å². The highest BCUT2D eigenvalue weighted by molar-refractivity contribution is 5.81. The van der Waals surface area contributed by atoms with Crippen molar-refractivity contribution in [3.8, 4) is 0 Å². The zero-order valence-electron chi connectivity index (χ0n) is 12.3. The second-order valence-corrected chi connectivity index (χ2v) is 5.67. The smallest absolute Gasteiger partial charge is 0.236 e. The molecule has 0 aliphatic heterocycles. The Morgan fingerprint density at radius 3 is 2.78 bits per heavy atom. The van der Waals surface area contributed by atoms with E-state index in [0.29, 0.717) is 6.04 Å². The molecule has 0 radical (unpaired) electrons. The minimum Gasteiger partial charge on any atom is -0.355 e. The van der Waals surface area contributed by atoms with Gasteiger partial charge in [-0.05, 0) is 32.1 Å². The monoisotopic (exact) mass is 254 g/mol. The van der Waals surface area contributed by atoms with Gasteiger partial charge < -0.3 is 10.6 Å². The number of unbranched alkanes of at least 4 members (excludes halogenated alkanes) is 1. The summed E-state index contributed by atoms with van der Waals surface area (Å²) < 4.78 is 0. The van der Waals surface area contributed by atoms with Crippen LogP contribution in [0.3, 0.4) is 0 Å². The van der Waals surface area contributed by atoms with Crippen molar-refractivity contribution in [2.24, 2.45) is 5.92 Å². The van der Waals surface area contributed by atoms with E-state index in [4.69, 9.17) is 0 Å². The van der Waals surface area contributed by atoms with Crippen LogP contribution in [0.5, 0.6) is 0 Å². The number of carbonyl (C=O) groups excluding carboxylic acids is 1. The lowest BCUT2D eigenvalue weighted by Gasteiger charge is -2.31. The third-order valence-corrected chi connectivity index (χ3v) is 4.07. The summed E-state index contributed by atoms with van der Waals surface area (Å²) in [5, 5.41) is 6.49. The maximum Gasteiger partial charge on any atom is 0.236 e. The van der Waals surface area contributed by atoms with Crippen molar-refractivity contribution in [2.75, 3.05) is 6.54 Å². The minimum absolute atomic E-state index is 0.0533. The third-order valence-electron chi connectivity index (χ3n) is 4.07. The average molecular weight is 254 g/mol. The molecule has 2 N–H and O–H groups in total. The van der Waals surface area contributed by atoms with Crippen LogP contribution in [-0.4, -0.2) is 24.5 Å². The molecule has 0 saturated heterocycles. The Labute approximate surface area is 112 Å². The average Bonchev–Trinajstić information content (AvgIpc) is 2.39. The fourth-order valence-electron chi connectivity index (χ4n) is 2.78. The molecule has 3 nitrogen and oxygen atoms in total. The summed E-state index contributed by atoms with van der Waals surface area (Å²) in [6.07, 6.45) is 8.61. The number of hydrogen-bond donors (Lipinski definition) is 2. The van der Waals surface area contributed by atoms with Crippen LogP contribution in [-0.2, 0) is 4.79 Å². The van der Waals surface area contributed by atoms with Gasteiger partial charge in [0.25, 0.3) is 0 Å². The number of amides is 1. The number of nitrogens with one attached hydrogen (secondary N) is 2. The van der Waals surface area contributed by atoms with Crippen LogP contribution in [0, 0.1) is 5.92 Å². The second kappa shape index (κ2) is 8.52. The zero-order chi connectivity index (χ0) is 13.4. The highest BCUT2D eigenvalue weighted by Gasteiger charge is 2.23. The van der Waals surface area contributed by atoms with E-state index in [1.54, 1.807) is 0 Å². The summed E-state index contributed by atoms with van der Waals surface area (Å²) in [7, 11) is 0. The molecule has 3 atom stereocenters. The van der Waals surface area contributed by atoms with Gasteiger partial charge in [-0.3, -0.25) is 4.79 Å². The minimum atomic E-state index is -0.0533. The molecular formula is C15H30N2O. The Morgan fingerprint density at radius 2 is 2.11 bits per heavy atom. The van der Waals surface area contributed by atoms with E-state index in [1.165, 1.54) is 32.1 Å². The van der Waals surface area contributed by atoms with Crippen LogP contribution >= 0.6 is 0 Å². The fourth-order valence-corrected chi connectivity index (χ4v) is 2.78. The summed E-state index contributed by atoms with van der Waals surface area (Å²) in [5.74, 6) is 1.01. The number of hydrogen-bond acceptors (Lipinski definition) is 2. The Kier molecular flexibility index (Phi) is 7.33. The molecule has 1 aliphatic rings. The lowest BCUT2D eigenvalue weighted by Crippen LogP contribution is -2.48. The summed E-state index contributed by atoms with van der Waals surface area (Å²) in [6.45, 7) is 7.20. The number of rotatable bonds is 7. The Balaban J connectivity index is 2.25. The SMILES string of the molecule is CCCCNC(=O)C(C)NC1CCCC(CC)C1. The fraction of sp³-hybridized carbons (Fsp3) is 0.933. The largest absolute Gasteiger partial charge is 0.355 e. The molecule has 0 aromatic rings. The maximum absolute atomic E-state index is 11.9. The Morgan fingerprint density at radius 1 is 1.33 bits per heavy atom. The van der Waals surface area contributed by atoms with Crippen LogP contribution in [0.25, 0.3) is 0 Å². The van der Waals surface area contributed by atoms with E-state index < -0.39 is 0 Å². The van der Waals surface area contributed by atoms with Crippen LogP contribution in [0.4, 0.5) is 0 Å². The normalized spacial score (nSPS) is 25.7. The van der Waals surface area contributed by atoms with Crippen molar-refractivity contribution in [3.63, 3.8) is 0 Å². The molecule has 1 saturated carbocycles. The first-order valence-electron chi connectivity index (χ1n) is 7.71. The Bertz CT molecular complexity index is 243. The summed E-state index contributed by atoms with van der Waals surface area (Å²) >= 11 is 0. The molecule has 1 rings (SSSR count). The topological polar surface area (TPSA) is 41.1 Å². The molecule has 0 heterocycles. The molecule has 0 spiro atoms. The molecule has 3 unspecified atom stereocenters. The first-order valence-corrected chi connectivity index (χ1v) is 7.71. The van der Waals surface area contributed by atoms with E-state index in [-0.39, 0.29) is 11.9 Å². The standard InChI is InChI=1S/C15H30N2O/c1-4-6-10-16-15(18)12(3)17-14-9-7-8-13(5-2)11-14/h12-14,17H,4-11H2,1-3H3,(H,16,18). The van der Waals surface area contributed by atoms with Gasteiger partial charge in [-0.2, -0.15) is 0 Å². The molecule has 0 aromatic heterocycles. The van der Waals surface area contributed by atoms with Gasteiger partial charge >= 0.3 is 0 Å². The summed E-state index contributed by atoms with van der Waals surface area (Å²) in [6, 6.07) is 0.484. The van der Waals surface area contributed by atoms with Crippen molar-refractivity contribution >= 4 is 5.91 Å². The highest BCUT2D eigenvalue weighted by Crippen LogP contribution is 2.26. The van der Waals surface area contributed by atoms with Crippen LogP contribution in [0.1, 0.15) is 65.7 Å². The summed E-state index contributed by atoms with van der Waals surface area (Å²) in [4.78, 5) is 11.9. The Hall–Kier alpha value is -0.570. The van der Waals surface area contributed by atoms with Crippen LogP contribution < -0.4 is 10.6 Å². The van der Waals surface area contributed by atoms with Crippen molar-refractivity contribution < 1.29 is 4.79 Å². The van der Waals surface area contributed by atoms with Gasteiger partial charge in [-0.1, -0.05) is 39.5 Å². The lowest BCUT2D eigenvalue weighted by atomic mass is 9.84. The predicted octanol–water partition coefficient (Wildman–Crippen LogP) is 2.85.